The molecule has 98 valence electrons. The Morgan fingerprint density at radius 3 is 2.35 bits per heavy atom. The zero-order valence-corrected chi connectivity index (χ0v) is 10.7. The molecule has 0 aliphatic carbocycles. The van der Waals surface area contributed by atoms with E-state index in [0.29, 0.717) is 6.54 Å². The van der Waals surface area contributed by atoms with Crippen LogP contribution < -0.4 is 0 Å². The van der Waals surface area contributed by atoms with Crippen molar-refractivity contribution >= 4 is 21.7 Å². The van der Waals surface area contributed by atoms with Gasteiger partial charge < -0.3 is 10.0 Å². The van der Waals surface area contributed by atoms with Crippen LogP contribution in [0.4, 0.5) is 0 Å². The van der Waals surface area contributed by atoms with Crippen LogP contribution >= 0.6 is 0 Å². The first-order valence-electron chi connectivity index (χ1n) is 5.39. The lowest BCUT2D eigenvalue weighted by molar-refractivity contribution is -0.142. The van der Waals surface area contributed by atoms with E-state index in [-0.39, 0.29) is 30.5 Å². The molecule has 1 rings (SSSR count). The third-order valence-corrected chi connectivity index (χ3v) is 3.91. The van der Waals surface area contributed by atoms with Gasteiger partial charge >= 0.3 is 5.97 Å². The molecule has 0 aromatic carbocycles. The fourth-order valence-electron chi connectivity index (χ4n) is 1.92. The molecule has 1 aliphatic heterocycles. The minimum Gasteiger partial charge on any atom is -0.481 e. The first kappa shape index (κ1) is 14.0. The number of aliphatic carboxylic acids is 1. The van der Waals surface area contributed by atoms with E-state index < -0.39 is 21.7 Å². The van der Waals surface area contributed by atoms with Crippen molar-refractivity contribution < 1.29 is 23.1 Å². The average molecular weight is 263 g/mol. The van der Waals surface area contributed by atoms with Crippen LogP contribution in [0.15, 0.2) is 0 Å². The Balaban J connectivity index is 2.53. The number of amides is 1. The minimum absolute atomic E-state index is 0.0715. The quantitative estimate of drug-likeness (QED) is 0.745. The molecular formula is C10H17NO5S. The van der Waals surface area contributed by atoms with Gasteiger partial charge in [0.05, 0.1) is 11.7 Å². The lowest BCUT2D eigenvalue weighted by atomic mass is 9.99. The number of rotatable bonds is 4. The summed E-state index contributed by atoms with van der Waals surface area (Å²) in [7, 11) is -3.16. The molecule has 1 aliphatic rings. The van der Waals surface area contributed by atoms with E-state index in [2.05, 4.69) is 0 Å². The number of sulfone groups is 1. The lowest BCUT2D eigenvalue weighted by Crippen LogP contribution is -2.31. The van der Waals surface area contributed by atoms with E-state index in [1.54, 1.807) is 6.92 Å². The summed E-state index contributed by atoms with van der Waals surface area (Å²) in [6.07, 6.45) is 1.00. The fourth-order valence-corrected chi connectivity index (χ4v) is 2.47. The third-order valence-electron chi connectivity index (χ3n) is 2.97. The molecule has 0 saturated carbocycles. The molecular weight excluding hydrogens is 246 g/mol. The lowest BCUT2D eigenvalue weighted by Gasteiger charge is -2.15. The van der Waals surface area contributed by atoms with Crippen molar-refractivity contribution in [1.82, 2.24) is 4.90 Å². The van der Waals surface area contributed by atoms with Crippen LogP contribution in [0.1, 0.15) is 13.3 Å². The Hall–Kier alpha value is -1.11. The van der Waals surface area contributed by atoms with Crippen LogP contribution in [0.5, 0.6) is 0 Å². The van der Waals surface area contributed by atoms with Gasteiger partial charge in [0.15, 0.2) is 0 Å². The normalized spacial score (nSPS) is 24.9. The zero-order valence-electron chi connectivity index (χ0n) is 9.92. The number of nitrogens with zero attached hydrogens (tertiary/aromatic N) is 1. The smallest absolute Gasteiger partial charge is 0.308 e. The van der Waals surface area contributed by atoms with E-state index in [1.807, 2.05) is 0 Å². The highest BCUT2D eigenvalue weighted by molar-refractivity contribution is 7.90. The van der Waals surface area contributed by atoms with Crippen LogP contribution in [-0.2, 0) is 19.4 Å². The van der Waals surface area contributed by atoms with Gasteiger partial charge in [0, 0.05) is 25.8 Å². The second-order valence-electron chi connectivity index (χ2n) is 4.60. The van der Waals surface area contributed by atoms with Crippen molar-refractivity contribution in [3.8, 4) is 0 Å². The summed E-state index contributed by atoms with van der Waals surface area (Å²) in [6.45, 7) is 2.35. The molecule has 0 bridgehead atoms. The summed E-state index contributed by atoms with van der Waals surface area (Å²) in [6, 6.07) is 0. The topological polar surface area (TPSA) is 91.8 Å². The van der Waals surface area contributed by atoms with Crippen molar-refractivity contribution in [3.05, 3.63) is 0 Å². The number of carbonyl (C=O) groups excluding carboxylic acids is 1. The molecule has 7 heteroatoms. The maximum absolute atomic E-state index is 11.7. The number of likely N-dealkylation sites (tertiary alicyclic amines) is 1. The largest absolute Gasteiger partial charge is 0.481 e. The van der Waals surface area contributed by atoms with Crippen LogP contribution in [0, 0.1) is 11.8 Å². The van der Waals surface area contributed by atoms with Crippen LogP contribution in [-0.4, -0.2) is 55.4 Å². The van der Waals surface area contributed by atoms with Crippen molar-refractivity contribution in [3.63, 3.8) is 0 Å². The molecule has 2 unspecified atom stereocenters. The van der Waals surface area contributed by atoms with Gasteiger partial charge in [-0.3, -0.25) is 9.59 Å². The van der Waals surface area contributed by atoms with Crippen LogP contribution in [0.25, 0.3) is 0 Å². The summed E-state index contributed by atoms with van der Waals surface area (Å²) in [4.78, 5) is 24.0. The van der Waals surface area contributed by atoms with Crippen molar-refractivity contribution in [1.29, 1.82) is 0 Å². The minimum atomic E-state index is -3.16. The van der Waals surface area contributed by atoms with Crippen molar-refractivity contribution in [2.24, 2.45) is 11.8 Å². The molecule has 17 heavy (non-hydrogen) atoms. The first-order valence-corrected chi connectivity index (χ1v) is 7.45. The Bertz CT molecular complexity index is 416. The van der Waals surface area contributed by atoms with Gasteiger partial charge in [-0.25, -0.2) is 8.42 Å². The highest BCUT2D eigenvalue weighted by Crippen LogP contribution is 2.23. The molecule has 0 aromatic heterocycles. The van der Waals surface area contributed by atoms with Gasteiger partial charge in [-0.15, -0.1) is 0 Å². The maximum Gasteiger partial charge on any atom is 0.308 e. The van der Waals surface area contributed by atoms with Gasteiger partial charge in [0.1, 0.15) is 9.84 Å². The Labute approximate surface area is 101 Å². The van der Waals surface area contributed by atoms with E-state index in [1.165, 1.54) is 4.90 Å². The highest BCUT2D eigenvalue weighted by atomic mass is 32.2. The number of carbonyl (C=O) groups is 2. The van der Waals surface area contributed by atoms with Gasteiger partial charge in [-0.05, 0) is 5.92 Å². The predicted molar refractivity (Wildman–Crippen MR) is 61.2 cm³/mol. The van der Waals surface area contributed by atoms with E-state index >= 15 is 0 Å². The maximum atomic E-state index is 11.7. The van der Waals surface area contributed by atoms with Gasteiger partial charge in [-0.1, -0.05) is 6.92 Å². The molecule has 1 N–H and O–H groups in total. The molecule has 2 atom stereocenters. The number of carboxylic acids is 1. The summed E-state index contributed by atoms with van der Waals surface area (Å²) in [5, 5.41) is 8.91. The summed E-state index contributed by atoms with van der Waals surface area (Å²) in [5.41, 5.74) is 0. The summed E-state index contributed by atoms with van der Waals surface area (Å²) in [5.74, 6) is -2.01. The van der Waals surface area contributed by atoms with Gasteiger partial charge in [-0.2, -0.15) is 0 Å². The first-order chi connectivity index (χ1) is 7.70. The standard InChI is InChI=1S/C10H17NO5S/c1-7-5-11(6-8(7)10(13)14)9(12)3-4-17(2,15)16/h7-8H,3-6H2,1-2H3,(H,13,14). The Kier molecular flexibility index (Phi) is 4.13. The summed E-state index contributed by atoms with van der Waals surface area (Å²) < 4.78 is 21.8. The monoisotopic (exact) mass is 263 g/mol. The van der Waals surface area contributed by atoms with Gasteiger partial charge in [0.25, 0.3) is 0 Å². The molecule has 0 radical (unpaired) electrons. The van der Waals surface area contributed by atoms with E-state index in [0.717, 1.165) is 6.26 Å². The van der Waals surface area contributed by atoms with E-state index in [4.69, 9.17) is 5.11 Å². The molecule has 6 nitrogen and oxygen atoms in total. The molecule has 1 fully saturated rings. The SMILES string of the molecule is CC1CN(C(=O)CCS(C)(=O)=O)CC1C(=O)O. The third kappa shape index (κ3) is 3.99. The molecule has 1 saturated heterocycles. The zero-order chi connectivity index (χ0) is 13.2. The Morgan fingerprint density at radius 2 is 1.94 bits per heavy atom. The fraction of sp³-hybridized carbons (Fsp3) is 0.800. The predicted octanol–water partition coefficient (Wildman–Crippen LogP) is -0.400. The van der Waals surface area contributed by atoms with Crippen LogP contribution in [0.3, 0.4) is 0 Å². The molecule has 0 aromatic rings. The highest BCUT2D eigenvalue weighted by Gasteiger charge is 2.36. The van der Waals surface area contributed by atoms with Gasteiger partial charge in [0.2, 0.25) is 5.91 Å². The summed E-state index contributed by atoms with van der Waals surface area (Å²) >= 11 is 0. The number of hydrogen-bond acceptors (Lipinski definition) is 4. The van der Waals surface area contributed by atoms with Crippen LogP contribution in [0.2, 0.25) is 0 Å². The Morgan fingerprint density at radius 1 is 1.35 bits per heavy atom. The molecule has 1 amide bonds. The number of hydrogen-bond donors (Lipinski definition) is 1. The van der Waals surface area contributed by atoms with Crippen molar-refractivity contribution in [2.45, 2.75) is 13.3 Å². The average Bonchev–Trinajstić information content (AvgIpc) is 2.55. The molecule has 0 spiro atoms. The second kappa shape index (κ2) is 5.03. The van der Waals surface area contributed by atoms with Crippen molar-refractivity contribution in [2.75, 3.05) is 25.1 Å². The second-order valence-corrected chi connectivity index (χ2v) is 6.86. The number of carboxylic acid groups (broad SMARTS) is 1. The van der Waals surface area contributed by atoms with E-state index in [9.17, 15) is 18.0 Å². The molecule has 1 heterocycles.